The van der Waals surface area contributed by atoms with Gasteiger partial charge in [0.25, 0.3) is 0 Å². The maximum Gasteiger partial charge on any atom is 0.244 e. The van der Waals surface area contributed by atoms with Crippen molar-refractivity contribution in [1.82, 2.24) is 10.2 Å². The van der Waals surface area contributed by atoms with E-state index in [1.165, 1.54) is 29.2 Å². The van der Waals surface area contributed by atoms with Gasteiger partial charge in [0.2, 0.25) is 21.8 Å². The number of nitrogens with one attached hydrogen (secondary N) is 1. The molecule has 7 nitrogen and oxygen atoms in total. The second kappa shape index (κ2) is 11.4. The van der Waals surface area contributed by atoms with E-state index >= 15 is 0 Å². The van der Waals surface area contributed by atoms with Crippen molar-refractivity contribution in [2.75, 3.05) is 17.1 Å². The Morgan fingerprint density at radius 1 is 0.970 bits per heavy atom. The van der Waals surface area contributed by atoms with Crippen LogP contribution in [0.15, 0.2) is 42.5 Å². The van der Waals surface area contributed by atoms with Crippen molar-refractivity contribution >= 4 is 62.3 Å². The molecule has 33 heavy (non-hydrogen) atoms. The molecule has 0 bridgehead atoms. The molecule has 0 saturated carbocycles. The van der Waals surface area contributed by atoms with Crippen LogP contribution < -0.4 is 9.62 Å². The van der Waals surface area contributed by atoms with Crippen molar-refractivity contribution in [3.8, 4) is 0 Å². The second-order valence-electron chi connectivity index (χ2n) is 7.81. The second-order valence-corrected chi connectivity index (χ2v) is 11.0. The first-order valence-electron chi connectivity index (χ1n) is 10.1. The number of nitrogens with zero attached hydrogens (tertiary/aromatic N) is 2. The lowest BCUT2D eigenvalue weighted by atomic mass is 10.1. The highest BCUT2D eigenvalue weighted by Gasteiger charge is 2.31. The SMILES string of the molecule is CC(C)NC(=O)C(C)N(Cc1c(Cl)cccc1Cl)C(=O)CN(c1ccc(Cl)cc1)S(C)(=O)=O. The molecule has 0 fully saturated rings. The van der Waals surface area contributed by atoms with Crippen molar-refractivity contribution in [2.24, 2.45) is 0 Å². The molecule has 0 aromatic heterocycles. The van der Waals surface area contributed by atoms with Gasteiger partial charge in [0.15, 0.2) is 0 Å². The zero-order valence-corrected chi connectivity index (χ0v) is 21.8. The molecule has 1 unspecified atom stereocenters. The van der Waals surface area contributed by atoms with Gasteiger partial charge in [-0.15, -0.1) is 0 Å². The predicted octanol–water partition coefficient (Wildman–Crippen LogP) is 4.35. The van der Waals surface area contributed by atoms with Crippen LogP contribution >= 0.6 is 34.8 Å². The summed E-state index contributed by atoms with van der Waals surface area (Å²) < 4.78 is 25.9. The fraction of sp³-hybridized carbons (Fsp3) is 0.364. The first-order chi connectivity index (χ1) is 15.3. The monoisotopic (exact) mass is 533 g/mol. The standard InChI is InChI=1S/C22H26Cl3N3O4S/c1-14(2)26-22(30)15(3)27(12-18-19(24)6-5-7-20(18)25)21(29)13-28(33(4,31)32)17-10-8-16(23)9-11-17/h5-11,14-15H,12-13H2,1-4H3,(H,26,30). The van der Waals surface area contributed by atoms with Crippen LogP contribution in [0.2, 0.25) is 15.1 Å². The van der Waals surface area contributed by atoms with Crippen molar-refractivity contribution in [1.29, 1.82) is 0 Å². The summed E-state index contributed by atoms with van der Waals surface area (Å²) >= 11 is 18.5. The van der Waals surface area contributed by atoms with E-state index in [0.29, 0.717) is 20.6 Å². The third-order valence-corrected chi connectivity index (χ3v) is 6.88. The van der Waals surface area contributed by atoms with Gasteiger partial charge in [-0.05, 0) is 57.2 Å². The quantitative estimate of drug-likeness (QED) is 0.518. The number of hydrogen-bond donors (Lipinski definition) is 1. The van der Waals surface area contributed by atoms with Gasteiger partial charge in [-0.3, -0.25) is 13.9 Å². The van der Waals surface area contributed by atoms with Gasteiger partial charge in [-0.2, -0.15) is 0 Å². The number of benzene rings is 2. The number of carbonyl (C=O) groups is 2. The van der Waals surface area contributed by atoms with Gasteiger partial charge >= 0.3 is 0 Å². The zero-order chi connectivity index (χ0) is 24.9. The van der Waals surface area contributed by atoms with E-state index in [-0.39, 0.29) is 24.2 Å². The summed E-state index contributed by atoms with van der Waals surface area (Å²) in [4.78, 5) is 27.4. The van der Waals surface area contributed by atoms with Crippen LogP contribution in [0.3, 0.4) is 0 Å². The van der Waals surface area contributed by atoms with E-state index in [9.17, 15) is 18.0 Å². The van der Waals surface area contributed by atoms with Crippen LogP contribution in [0.25, 0.3) is 0 Å². The highest BCUT2D eigenvalue weighted by molar-refractivity contribution is 7.92. The molecule has 2 rings (SSSR count). The fourth-order valence-corrected chi connectivity index (χ4v) is 4.56. The average molecular weight is 535 g/mol. The smallest absolute Gasteiger partial charge is 0.244 e. The Hall–Kier alpha value is -2.00. The maximum atomic E-state index is 13.4. The minimum Gasteiger partial charge on any atom is -0.352 e. The Labute approximate surface area is 209 Å². The third kappa shape index (κ3) is 7.50. The van der Waals surface area contributed by atoms with E-state index in [1.807, 2.05) is 0 Å². The lowest BCUT2D eigenvalue weighted by molar-refractivity contribution is -0.139. The highest BCUT2D eigenvalue weighted by atomic mass is 35.5. The van der Waals surface area contributed by atoms with Crippen LogP contribution in [0.4, 0.5) is 5.69 Å². The molecule has 0 saturated heterocycles. The Morgan fingerprint density at radius 3 is 2.00 bits per heavy atom. The van der Waals surface area contributed by atoms with Crippen LogP contribution in [-0.4, -0.2) is 50.0 Å². The Kier molecular flexibility index (Phi) is 9.43. The van der Waals surface area contributed by atoms with E-state index in [4.69, 9.17) is 34.8 Å². The van der Waals surface area contributed by atoms with Crippen molar-refractivity contribution in [3.05, 3.63) is 63.1 Å². The molecule has 0 aliphatic carbocycles. The van der Waals surface area contributed by atoms with E-state index < -0.39 is 28.5 Å². The topological polar surface area (TPSA) is 86.8 Å². The number of halogens is 3. The Bertz CT molecular complexity index is 1090. The molecular formula is C22H26Cl3N3O4S. The normalized spacial score (nSPS) is 12.4. The first-order valence-corrected chi connectivity index (χ1v) is 13.1. The molecule has 0 heterocycles. The first kappa shape index (κ1) is 27.2. The van der Waals surface area contributed by atoms with E-state index in [2.05, 4.69) is 5.32 Å². The number of anilines is 1. The predicted molar refractivity (Wildman–Crippen MR) is 133 cm³/mol. The molecule has 11 heteroatoms. The Balaban J connectivity index is 2.44. The van der Waals surface area contributed by atoms with Crippen LogP contribution in [0.5, 0.6) is 0 Å². The van der Waals surface area contributed by atoms with Gasteiger partial charge < -0.3 is 10.2 Å². The van der Waals surface area contributed by atoms with Gasteiger partial charge in [-0.25, -0.2) is 8.42 Å². The summed E-state index contributed by atoms with van der Waals surface area (Å²) in [5.74, 6) is -0.989. The van der Waals surface area contributed by atoms with Gasteiger partial charge in [0.1, 0.15) is 12.6 Å². The van der Waals surface area contributed by atoms with Gasteiger partial charge in [0, 0.05) is 33.2 Å². The van der Waals surface area contributed by atoms with Crippen molar-refractivity contribution in [3.63, 3.8) is 0 Å². The summed E-state index contributed by atoms with van der Waals surface area (Å²) in [5.41, 5.74) is 0.723. The van der Waals surface area contributed by atoms with Crippen molar-refractivity contribution < 1.29 is 18.0 Å². The molecule has 1 N–H and O–H groups in total. The largest absolute Gasteiger partial charge is 0.352 e. The Morgan fingerprint density at radius 2 is 1.52 bits per heavy atom. The summed E-state index contributed by atoms with van der Waals surface area (Å²) in [6.45, 7) is 4.55. The number of rotatable bonds is 9. The highest BCUT2D eigenvalue weighted by Crippen LogP contribution is 2.27. The van der Waals surface area contributed by atoms with E-state index in [1.54, 1.807) is 39.0 Å². The summed E-state index contributed by atoms with van der Waals surface area (Å²) in [7, 11) is -3.82. The summed E-state index contributed by atoms with van der Waals surface area (Å²) in [6.07, 6.45) is 0.999. The lowest BCUT2D eigenvalue weighted by Crippen LogP contribution is -2.52. The molecular weight excluding hydrogens is 509 g/mol. The average Bonchev–Trinajstić information content (AvgIpc) is 2.70. The molecule has 0 spiro atoms. The molecule has 0 radical (unpaired) electrons. The minimum atomic E-state index is -3.82. The number of amides is 2. The summed E-state index contributed by atoms with van der Waals surface area (Å²) in [5, 5.41) is 3.85. The molecule has 2 amide bonds. The van der Waals surface area contributed by atoms with E-state index in [0.717, 1.165) is 10.6 Å². The molecule has 2 aromatic carbocycles. The van der Waals surface area contributed by atoms with Crippen LogP contribution in [0, 0.1) is 0 Å². The number of hydrogen-bond acceptors (Lipinski definition) is 4. The third-order valence-electron chi connectivity index (χ3n) is 4.78. The number of sulfonamides is 1. The summed E-state index contributed by atoms with van der Waals surface area (Å²) in [6, 6.07) is 9.91. The molecule has 1 atom stereocenters. The van der Waals surface area contributed by atoms with Crippen LogP contribution in [-0.2, 0) is 26.2 Å². The van der Waals surface area contributed by atoms with Crippen LogP contribution in [0.1, 0.15) is 26.3 Å². The zero-order valence-electron chi connectivity index (χ0n) is 18.7. The molecule has 0 aliphatic rings. The number of carbonyl (C=O) groups excluding carboxylic acids is 2. The fourth-order valence-electron chi connectivity index (χ4n) is 3.06. The molecule has 2 aromatic rings. The van der Waals surface area contributed by atoms with Crippen molar-refractivity contribution in [2.45, 2.75) is 39.4 Å². The lowest BCUT2D eigenvalue weighted by Gasteiger charge is -2.32. The maximum absolute atomic E-state index is 13.4. The van der Waals surface area contributed by atoms with Gasteiger partial charge in [-0.1, -0.05) is 40.9 Å². The molecule has 0 aliphatic heterocycles. The minimum absolute atomic E-state index is 0.0811. The molecule has 180 valence electrons. The van der Waals surface area contributed by atoms with Gasteiger partial charge in [0.05, 0.1) is 11.9 Å².